The number of nitrogens with zero attached hydrogens (tertiary/aromatic N) is 4. The molecule has 1 aliphatic rings. The lowest BCUT2D eigenvalue weighted by Crippen LogP contribution is -2.33. The Morgan fingerprint density at radius 1 is 1.33 bits per heavy atom. The first-order valence-electron chi connectivity index (χ1n) is 9.40. The Morgan fingerprint density at radius 2 is 2.15 bits per heavy atom. The number of rotatable bonds is 8. The number of amides is 2. The fourth-order valence-corrected chi connectivity index (χ4v) is 4.27. The number of aryl methyl sites for hydroxylation is 3. The quantitative estimate of drug-likeness (QED) is 0.670. The summed E-state index contributed by atoms with van der Waals surface area (Å²) in [5.41, 5.74) is 3.30. The van der Waals surface area contributed by atoms with Crippen molar-refractivity contribution in [3.05, 3.63) is 22.0 Å². The Morgan fingerprint density at radius 3 is 2.85 bits per heavy atom. The smallest absolute Gasteiger partial charge is 0.229 e. The summed E-state index contributed by atoms with van der Waals surface area (Å²) in [6.45, 7) is 7.04. The number of aromatic amines is 1. The average Bonchev–Trinajstić information content (AvgIpc) is 3.33. The molecule has 8 nitrogen and oxygen atoms in total. The van der Waals surface area contributed by atoms with Crippen molar-refractivity contribution in [1.82, 2.24) is 25.7 Å². The van der Waals surface area contributed by atoms with E-state index in [1.54, 1.807) is 4.90 Å². The van der Waals surface area contributed by atoms with E-state index in [0.29, 0.717) is 18.2 Å². The van der Waals surface area contributed by atoms with Gasteiger partial charge in [-0.25, -0.2) is 0 Å². The van der Waals surface area contributed by atoms with Crippen LogP contribution in [0, 0.1) is 19.8 Å². The number of H-pyrrole nitrogens is 1. The van der Waals surface area contributed by atoms with Crippen LogP contribution < -0.4 is 10.2 Å². The van der Waals surface area contributed by atoms with Crippen molar-refractivity contribution in [1.29, 1.82) is 0 Å². The highest BCUT2D eigenvalue weighted by molar-refractivity contribution is 7.15. The maximum Gasteiger partial charge on any atom is 0.229 e. The summed E-state index contributed by atoms with van der Waals surface area (Å²) in [4.78, 5) is 26.3. The third-order valence-corrected chi connectivity index (χ3v) is 5.84. The fraction of sp³-hybridized carbons (Fsp3) is 0.611. The second kappa shape index (κ2) is 8.60. The fourth-order valence-electron chi connectivity index (χ4n) is 3.30. The second-order valence-corrected chi connectivity index (χ2v) is 7.98. The molecular weight excluding hydrogens is 364 g/mol. The molecular formula is C18H26N6O2S. The van der Waals surface area contributed by atoms with Gasteiger partial charge in [0, 0.05) is 31.6 Å². The molecule has 3 rings (SSSR count). The van der Waals surface area contributed by atoms with Gasteiger partial charge in [0.1, 0.15) is 5.01 Å². The zero-order chi connectivity index (χ0) is 19.4. The zero-order valence-electron chi connectivity index (χ0n) is 16.0. The number of carbonyl (C=O) groups is 2. The first kappa shape index (κ1) is 19.5. The van der Waals surface area contributed by atoms with Gasteiger partial charge in [0.2, 0.25) is 16.9 Å². The molecule has 2 aromatic rings. The van der Waals surface area contributed by atoms with E-state index in [1.807, 2.05) is 13.8 Å². The average molecular weight is 391 g/mol. The molecule has 0 spiro atoms. The van der Waals surface area contributed by atoms with Gasteiger partial charge in [-0.1, -0.05) is 18.3 Å². The zero-order valence-corrected chi connectivity index (χ0v) is 16.9. The van der Waals surface area contributed by atoms with Crippen molar-refractivity contribution >= 4 is 28.3 Å². The van der Waals surface area contributed by atoms with E-state index in [1.165, 1.54) is 16.9 Å². The van der Waals surface area contributed by atoms with E-state index in [0.717, 1.165) is 42.1 Å². The number of aromatic nitrogens is 4. The lowest BCUT2D eigenvalue weighted by atomic mass is 10.1. The SMILES string of the molecule is CCCc1nnc(N2CC(C(=O)NCCCc3c(C)n[nH]c3C)CC2=O)s1. The molecule has 3 heterocycles. The summed E-state index contributed by atoms with van der Waals surface area (Å²) < 4.78 is 0. The molecule has 146 valence electrons. The van der Waals surface area contributed by atoms with Crippen LogP contribution in [0.1, 0.15) is 48.1 Å². The summed E-state index contributed by atoms with van der Waals surface area (Å²) in [7, 11) is 0. The number of hydrogen-bond acceptors (Lipinski definition) is 6. The molecule has 2 aromatic heterocycles. The van der Waals surface area contributed by atoms with Gasteiger partial charge in [0.05, 0.1) is 11.6 Å². The van der Waals surface area contributed by atoms with Gasteiger partial charge < -0.3 is 5.32 Å². The predicted molar refractivity (Wildman–Crippen MR) is 104 cm³/mol. The van der Waals surface area contributed by atoms with Crippen LogP contribution in [0.2, 0.25) is 0 Å². The van der Waals surface area contributed by atoms with Gasteiger partial charge >= 0.3 is 0 Å². The summed E-state index contributed by atoms with van der Waals surface area (Å²) in [6, 6.07) is 0. The first-order chi connectivity index (χ1) is 13.0. The van der Waals surface area contributed by atoms with Crippen molar-refractivity contribution in [2.75, 3.05) is 18.0 Å². The van der Waals surface area contributed by atoms with Crippen LogP contribution in [0.5, 0.6) is 0 Å². The summed E-state index contributed by atoms with van der Waals surface area (Å²) in [5, 5.41) is 19.9. The lowest BCUT2D eigenvalue weighted by Gasteiger charge is -2.12. The van der Waals surface area contributed by atoms with Crippen LogP contribution in [0.25, 0.3) is 0 Å². The topological polar surface area (TPSA) is 104 Å². The molecule has 27 heavy (non-hydrogen) atoms. The van der Waals surface area contributed by atoms with Crippen molar-refractivity contribution < 1.29 is 9.59 Å². The van der Waals surface area contributed by atoms with E-state index in [9.17, 15) is 9.59 Å². The molecule has 1 atom stereocenters. The number of anilines is 1. The monoisotopic (exact) mass is 390 g/mol. The van der Waals surface area contributed by atoms with Gasteiger partial charge in [0.15, 0.2) is 0 Å². The third kappa shape index (κ3) is 4.52. The van der Waals surface area contributed by atoms with Crippen molar-refractivity contribution in [2.24, 2.45) is 5.92 Å². The highest BCUT2D eigenvalue weighted by Gasteiger charge is 2.36. The minimum Gasteiger partial charge on any atom is -0.356 e. The van der Waals surface area contributed by atoms with E-state index in [-0.39, 0.29) is 24.2 Å². The third-order valence-electron chi connectivity index (χ3n) is 4.83. The largest absolute Gasteiger partial charge is 0.356 e. The van der Waals surface area contributed by atoms with E-state index < -0.39 is 0 Å². The Bertz CT molecular complexity index is 795. The Hall–Kier alpha value is -2.29. The molecule has 9 heteroatoms. The molecule has 0 radical (unpaired) electrons. The van der Waals surface area contributed by atoms with E-state index in [2.05, 4.69) is 32.6 Å². The summed E-state index contributed by atoms with van der Waals surface area (Å²) in [5.74, 6) is -0.447. The van der Waals surface area contributed by atoms with Crippen molar-refractivity contribution in [3.8, 4) is 0 Å². The van der Waals surface area contributed by atoms with Crippen LogP contribution in [0.3, 0.4) is 0 Å². The van der Waals surface area contributed by atoms with Crippen LogP contribution in [0.4, 0.5) is 5.13 Å². The molecule has 2 amide bonds. The molecule has 1 fully saturated rings. The minimum absolute atomic E-state index is 0.0565. The van der Waals surface area contributed by atoms with Gasteiger partial charge in [-0.15, -0.1) is 10.2 Å². The first-order valence-corrected chi connectivity index (χ1v) is 10.2. The predicted octanol–water partition coefficient (Wildman–Crippen LogP) is 1.93. The molecule has 0 saturated carbocycles. The minimum atomic E-state index is -0.326. The van der Waals surface area contributed by atoms with Gasteiger partial charge in [-0.05, 0) is 38.7 Å². The van der Waals surface area contributed by atoms with Crippen molar-refractivity contribution in [3.63, 3.8) is 0 Å². The van der Waals surface area contributed by atoms with E-state index in [4.69, 9.17) is 0 Å². The molecule has 1 unspecified atom stereocenters. The summed E-state index contributed by atoms with van der Waals surface area (Å²) >= 11 is 1.44. The van der Waals surface area contributed by atoms with Gasteiger partial charge in [0.25, 0.3) is 0 Å². The highest BCUT2D eigenvalue weighted by atomic mass is 32.1. The molecule has 0 aliphatic carbocycles. The number of carbonyl (C=O) groups excluding carboxylic acids is 2. The molecule has 1 saturated heterocycles. The van der Waals surface area contributed by atoms with E-state index >= 15 is 0 Å². The standard InChI is InChI=1S/C18H26N6O2S/c1-4-6-15-22-23-18(27-15)24-10-13(9-16(24)25)17(26)19-8-5-7-14-11(2)20-21-12(14)3/h13H,4-10H2,1-3H3,(H,19,26)(H,20,21). The Labute approximate surface area is 162 Å². The van der Waals surface area contributed by atoms with Crippen LogP contribution in [-0.2, 0) is 22.4 Å². The lowest BCUT2D eigenvalue weighted by molar-refractivity contribution is -0.126. The normalized spacial score (nSPS) is 16.9. The molecule has 2 N–H and O–H groups in total. The highest BCUT2D eigenvalue weighted by Crippen LogP contribution is 2.28. The van der Waals surface area contributed by atoms with Crippen LogP contribution >= 0.6 is 11.3 Å². The van der Waals surface area contributed by atoms with Crippen LogP contribution in [-0.4, -0.2) is 45.3 Å². The number of nitrogens with one attached hydrogen (secondary N) is 2. The Kier molecular flexibility index (Phi) is 6.20. The van der Waals surface area contributed by atoms with Crippen LogP contribution in [0.15, 0.2) is 0 Å². The Balaban J connectivity index is 1.47. The maximum absolute atomic E-state index is 12.4. The number of hydrogen-bond donors (Lipinski definition) is 2. The molecule has 0 aromatic carbocycles. The van der Waals surface area contributed by atoms with Gasteiger partial charge in [-0.3, -0.25) is 19.6 Å². The second-order valence-electron chi connectivity index (χ2n) is 6.94. The molecule has 1 aliphatic heterocycles. The summed E-state index contributed by atoms with van der Waals surface area (Å²) in [6.07, 6.45) is 3.79. The maximum atomic E-state index is 12.4. The van der Waals surface area contributed by atoms with Gasteiger partial charge in [-0.2, -0.15) is 5.10 Å². The van der Waals surface area contributed by atoms with Crippen molar-refractivity contribution in [2.45, 2.75) is 52.9 Å². The molecule has 0 bridgehead atoms.